The highest BCUT2D eigenvalue weighted by atomic mass is 32.2. The van der Waals surface area contributed by atoms with Gasteiger partial charge in [-0.1, -0.05) is 33.6 Å². The Morgan fingerprint density at radius 3 is 2.43 bits per heavy atom. The van der Waals surface area contributed by atoms with Crippen molar-refractivity contribution in [3.05, 3.63) is 0 Å². The molecule has 0 aliphatic heterocycles. The van der Waals surface area contributed by atoms with Crippen LogP contribution in [0.15, 0.2) is 0 Å². The summed E-state index contributed by atoms with van der Waals surface area (Å²) in [6, 6.07) is 0.171. The summed E-state index contributed by atoms with van der Waals surface area (Å²) in [5.41, 5.74) is 0.164. The third-order valence-electron chi connectivity index (χ3n) is 5.40. The van der Waals surface area contributed by atoms with Gasteiger partial charge in [0.15, 0.2) is 9.84 Å². The van der Waals surface area contributed by atoms with Crippen molar-refractivity contribution in [1.82, 2.24) is 5.32 Å². The fourth-order valence-electron chi connectivity index (χ4n) is 4.09. The van der Waals surface area contributed by atoms with Crippen LogP contribution in [0.25, 0.3) is 0 Å². The van der Waals surface area contributed by atoms with Gasteiger partial charge in [0.05, 0.1) is 11.0 Å². The molecule has 0 heterocycles. The van der Waals surface area contributed by atoms with Crippen molar-refractivity contribution in [1.29, 1.82) is 0 Å². The van der Waals surface area contributed by atoms with Crippen molar-refractivity contribution < 1.29 is 8.42 Å². The number of hydrogen-bond acceptors (Lipinski definition) is 3. The molecule has 2 aliphatic rings. The lowest BCUT2D eigenvalue weighted by Gasteiger charge is -2.41. The van der Waals surface area contributed by atoms with Gasteiger partial charge in [0.1, 0.15) is 0 Å². The van der Waals surface area contributed by atoms with Crippen molar-refractivity contribution in [2.45, 2.75) is 83.4 Å². The van der Waals surface area contributed by atoms with Crippen LogP contribution in [0.4, 0.5) is 0 Å². The third-order valence-corrected chi connectivity index (χ3v) is 7.75. The molecule has 1 N–H and O–H groups in total. The predicted octanol–water partition coefficient (Wildman–Crippen LogP) is 3.54. The summed E-state index contributed by atoms with van der Waals surface area (Å²) < 4.78 is 25.9. The van der Waals surface area contributed by atoms with Crippen LogP contribution < -0.4 is 5.32 Å². The Balaban J connectivity index is 2.09. The first-order valence-corrected chi connectivity index (χ1v) is 10.5. The summed E-state index contributed by atoms with van der Waals surface area (Å²) >= 11 is 0. The Bertz CT molecular complexity index is 424. The Morgan fingerprint density at radius 2 is 1.81 bits per heavy atom. The van der Waals surface area contributed by atoms with Gasteiger partial charge >= 0.3 is 0 Å². The first-order valence-electron chi connectivity index (χ1n) is 8.79. The highest BCUT2D eigenvalue weighted by Gasteiger charge is 2.42. The van der Waals surface area contributed by atoms with E-state index < -0.39 is 9.84 Å². The summed E-state index contributed by atoms with van der Waals surface area (Å²) in [4.78, 5) is 0. The fraction of sp³-hybridized carbons (Fsp3) is 1.00. The minimum Gasteiger partial charge on any atom is -0.313 e. The standard InChI is InChI=1S/C17H33NO2S/c1-4-11-18-15-9-10-17(2,3)12-16(15)21(19,20)13-14-7-5-6-8-14/h14-16,18H,4-13H2,1-3H3. The molecule has 2 rings (SSSR count). The molecule has 21 heavy (non-hydrogen) atoms. The van der Waals surface area contributed by atoms with Crippen LogP contribution >= 0.6 is 0 Å². The van der Waals surface area contributed by atoms with Crippen molar-refractivity contribution in [3.8, 4) is 0 Å². The molecular formula is C17H33NO2S. The largest absolute Gasteiger partial charge is 0.313 e. The van der Waals surface area contributed by atoms with E-state index in [1.54, 1.807) is 0 Å². The highest BCUT2D eigenvalue weighted by Crippen LogP contribution is 2.39. The number of rotatable bonds is 6. The first kappa shape index (κ1) is 17.3. The average molecular weight is 316 g/mol. The number of hydrogen-bond donors (Lipinski definition) is 1. The molecule has 0 radical (unpaired) electrons. The SMILES string of the molecule is CCCNC1CCC(C)(C)CC1S(=O)(=O)CC1CCCC1. The maximum absolute atomic E-state index is 13.0. The number of nitrogens with one attached hydrogen (secondary N) is 1. The molecule has 0 aromatic rings. The van der Waals surface area contributed by atoms with Crippen molar-refractivity contribution in [2.24, 2.45) is 11.3 Å². The van der Waals surface area contributed by atoms with Gasteiger partial charge in [0, 0.05) is 6.04 Å². The van der Waals surface area contributed by atoms with Crippen LogP contribution in [0, 0.1) is 11.3 Å². The van der Waals surface area contributed by atoms with Gasteiger partial charge in [-0.25, -0.2) is 8.42 Å². The van der Waals surface area contributed by atoms with Crippen molar-refractivity contribution in [2.75, 3.05) is 12.3 Å². The fourth-order valence-corrected chi connectivity index (χ4v) is 6.77. The second-order valence-electron chi connectivity index (χ2n) is 7.99. The van der Waals surface area contributed by atoms with Gasteiger partial charge in [-0.15, -0.1) is 0 Å². The monoisotopic (exact) mass is 315 g/mol. The van der Waals surface area contributed by atoms with E-state index in [-0.39, 0.29) is 16.7 Å². The lowest BCUT2D eigenvalue weighted by Crippen LogP contribution is -2.51. The summed E-state index contributed by atoms with van der Waals surface area (Å²) in [5.74, 6) is 0.852. The lowest BCUT2D eigenvalue weighted by atomic mass is 9.75. The number of sulfone groups is 1. The van der Waals surface area contributed by atoms with Gasteiger partial charge in [-0.3, -0.25) is 0 Å². The topological polar surface area (TPSA) is 46.2 Å². The Kier molecular flexibility index (Phi) is 5.75. The molecule has 124 valence electrons. The third kappa shape index (κ3) is 4.69. The first-order chi connectivity index (χ1) is 9.84. The smallest absolute Gasteiger partial charge is 0.154 e. The molecule has 2 atom stereocenters. The van der Waals surface area contributed by atoms with E-state index in [0.29, 0.717) is 11.7 Å². The maximum Gasteiger partial charge on any atom is 0.154 e. The quantitative estimate of drug-likeness (QED) is 0.815. The lowest BCUT2D eigenvalue weighted by molar-refractivity contribution is 0.209. The minimum atomic E-state index is -2.98. The zero-order chi connectivity index (χ0) is 15.5. The van der Waals surface area contributed by atoms with Crippen LogP contribution in [0.2, 0.25) is 0 Å². The molecule has 2 unspecified atom stereocenters. The van der Waals surface area contributed by atoms with E-state index in [0.717, 1.165) is 45.1 Å². The van der Waals surface area contributed by atoms with Gasteiger partial charge in [0.25, 0.3) is 0 Å². The molecule has 3 nitrogen and oxygen atoms in total. The second kappa shape index (κ2) is 6.99. The Morgan fingerprint density at radius 1 is 1.14 bits per heavy atom. The Hall–Kier alpha value is -0.0900. The molecule has 0 amide bonds. The summed E-state index contributed by atoms with van der Waals surface area (Å²) in [7, 11) is -2.98. The summed E-state index contributed by atoms with van der Waals surface area (Å²) in [6.45, 7) is 7.52. The molecule has 4 heteroatoms. The van der Waals surface area contributed by atoms with E-state index >= 15 is 0 Å². The van der Waals surface area contributed by atoms with Crippen molar-refractivity contribution >= 4 is 9.84 Å². The van der Waals surface area contributed by atoms with E-state index in [1.807, 2.05) is 0 Å². The molecule has 2 fully saturated rings. The summed E-state index contributed by atoms with van der Waals surface area (Å²) in [5, 5.41) is 3.34. The van der Waals surface area contributed by atoms with Crippen LogP contribution in [0.3, 0.4) is 0 Å². The molecule has 2 saturated carbocycles. The molecule has 0 aromatic carbocycles. The van der Waals surface area contributed by atoms with Gasteiger partial charge in [-0.2, -0.15) is 0 Å². The van der Waals surface area contributed by atoms with Crippen LogP contribution in [0.1, 0.15) is 72.1 Å². The summed E-state index contributed by atoms with van der Waals surface area (Å²) in [6.07, 6.45) is 8.68. The van der Waals surface area contributed by atoms with E-state index in [9.17, 15) is 8.42 Å². The minimum absolute atomic E-state index is 0.164. The van der Waals surface area contributed by atoms with Crippen LogP contribution in [-0.2, 0) is 9.84 Å². The van der Waals surface area contributed by atoms with E-state index in [2.05, 4.69) is 26.1 Å². The molecule has 0 spiro atoms. The Labute approximate surface area is 131 Å². The van der Waals surface area contributed by atoms with Gasteiger partial charge < -0.3 is 5.32 Å². The van der Waals surface area contributed by atoms with Gasteiger partial charge in [-0.05, 0) is 56.4 Å². The molecule has 0 aromatic heterocycles. The van der Waals surface area contributed by atoms with Crippen LogP contribution in [-0.4, -0.2) is 32.0 Å². The normalized spacial score (nSPS) is 30.6. The maximum atomic E-state index is 13.0. The zero-order valence-corrected chi connectivity index (χ0v) is 14.8. The zero-order valence-electron chi connectivity index (χ0n) is 14.0. The van der Waals surface area contributed by atoms with Gasteiger partial charge in [0.2, 0.25) is 0 Å². The molecule has 2 aliphatic carbocycles. The molecule has 0 saturated heterocycles. The van der Waals surface area contributed by atoms with E-state index in [1.165, 1.54) is 12.8 Å². The molecule has 0 bridgehead atoms. The predicted molar refractivity (Wildman–Crippen MR) is 89.2 cm³/mol. The average Bonchev–Trinajstić information content (AvgIpc) is 2.88. The van der Waals surface area contributed by atoms with Crippen LogP contribution in [0.5, 0.6) is 0 Å². The molecular weight excluding hydrogens is 282 g/mol. The highest BCUT2D eigenvalue weighted by molar-refractivity contribution is 7.92. The second-order valence-corrected chi connectivity index (χ2v) is 10.3. The van der Waals surface area contributed by atoms with Crippen molar-refractivity contribution in [3.63, 3.8) is 0 Å². The van der Waals surface area contributed by atoms with E-state index in [4.69, 9.17) is 0 Å².